The molecule has 0 saturated carbocycles. The van der Waals surface area contributed by atoms with Gasteiger partial charge in [-0.25, -0.2) is 9.78 Å². The van der Waals surface area contributed by atoms with Crippen molar-refractivity contribution in [3.8, 4) is 22.4 Å². The summed E-state index contributed by atoms with van der Waals surface area (Å²) >= 11 is 0. The number of piperidine rings is 1. The zero-order valence-electron chi connectivity index (χ0n) is 20.8. The molecule has 1 aromatic carbocycles. The zero-order valence-corrected chi connectivity index (χ0v) is 20.8. The summed E-state index contributed by atoms with van der Waals surface area (Å²) in [7, 11) is 0. The van der Waals surface area contributed by atoms with Crippen LogP contribution in [0, 0.1) is 0 Å². The average Bonchev–Trinajstić information content (AvgIpc) is 3.60. The Kier molecular flexibility index (Phi) is 5.99. The van der Waals surface area contributed by atoms with Gasteiger partial charge in [0.05, 0.1) is 17.6 Å². The highest BCUT2D eigenvalue weighted by Gasteiger charge is 2.34. The Balaban J connectivity index is 1.28. The predicted molar refractivity (Wildman–Crippen MR) is 145 cm³/mol. The minimum atomic E-state index is -0.510. The monoisotopic (exact) mass is 508 g/mol. The fraction of sp³-hybridized carbons (Fsp3) is 0.250. The lowest BCUT2D eigenvalue weighted by atomic mass is 9.90. The fourth-order valence-corrected chi connectivity index (χ4v) is 5.30. The van der Waals surface area contributed by atoms with Gasteiger partial charge in [0.1, 0.15) is 11.9 Å². The minimum Gasteiger partial charge on any atom is -0.383 e. The maximum atomic E-state index is 12.8. The molecule has 3 amide bonds. The summed E-state index contributed by atoms with van der Waals surface area (Å²) in [6, 6.07) is 13.2. The number of rotatable bonds is 5. The first-order valence-electron chi connectivity index (χ1n) is 12.7. The Hall–Kier alpha value is -4.73. The van der Waals surface area contributed by atoms with Gasteiger partial charge < -0.3 is 21.3 Å². The number of likely N-dealkylation sites (tertiary alicyclic amines) is 1. The van der Waals surface area contributed by atoms with Crippen LogP contribution in [0.2, 0.25) is 0 Å². The highest BCUT2D eigenvalue weighted by Crippen LogP contribution is 2.35. The number of amides is 3. The summed E-state index contributed by atoms with van der Waals surface area (Å²) in [5.74, 6) is 0.536. The normalized spacial score (nSPS) is 17.8. The molecule has 0 spiro atoms. The van der Waals surface area contributed by atoms with E-state index >= 15 is 0 Å². The lowest BCUT2D eigenvalue weighted by molar-refractivity contribution is -0.133. The molecule has 4 aromatic rings. The van der Waals surface area contributed by atoms with Gasteiger partial charge in [0.2, 0.25) is 5.91 Å². The number of urea groups is 1. The third kappa shape index (κ3) is 4.13. The van der Waals surface area contributed by atoms with Crippen molar-refractivity contribution in [2.75, 3.05) is 25.4 Å². The molecule has 2 aliphatic rings. The summed E-state index contributed by atoms with van der Waals surface area (Å²) in [6.07, 6.45) is 6.80. The van der Waals surface area contributed by atoms with Gasteiger partial charge in [-0.2, -0.15) is 9.61 Å². The van der Waals surface area contributed by atoms with Crippen LogP contribution in [0.3, 0.4) is 0 Å². The summed E-state index contributed by atoms with van der Waals surface area (Å²) in [4.78, 5) is 35.8. The molecule has 3 aromatic heterocycles. The molecule has 1 atom stereocenters. The Labute approximate surface area is 219 Å². The van der Waals surface area contributed by atoms with Crippen molar-refractivity contribution in [1.82, 2.24) is 35.1 Å². The summed E-state index contributed by atoms with van der Waals surface area (Å²) < 4.78 is 1.65. The van der Waals surface area contributed by atoms with E-state index < -0.39 is 6.04 Å². The Morgan fingerprint density at radius 1 is 1.08 bits per heavy atom. The molecule has 192 valence electrons. The van der Waals surface area contributed by atoms with Crippen molar-refractivity contribution in [3.05, 3.63) is 72.7 Å². The van der Waals surface area contributed by atoms with Gasteiger partial charge in [0.25, 0.3) is 0 Å². The molecule has 0 aliphatic carbocycles. The molecule has 5 heterocycles. The van der Waals surface area contributed by atoms with Gasteiger partial charge in [-0.05, 0) is 18.9 Å². The molecule has 2 saturated heterocycles. The molecule has 2 aliphatic heterocycles. The average molecular weight is 509 g/mol. The molecule has 2 fully saturated rings. The van der Waals surface area contributed by atoms with Gasteiger partial charge in [-0.1, -0.05) is 49.1 Å². The van der Waals surface area contributed by atoms with Crippen molar-refractivity contribution in [1.29, 1.82) is 0 Å². The highest BCUT2D eigenvalue weighted by atomic mass is 16.2. The highest BCUT2D eigenvalue weighted by molar-refractivity contribution is 5.90. The molecule has 1 unspecified atom stereocenters. The molecule has 10 nitrogen and oxygen atoms in total. The number of hydrogen-bond donors (Lipinski definition) is 3. The van der Waals surface area contributed by atoms with E-state index in [0.717, 1.165) is 46.5 Å². The maximum absolute atomic E-state index is 12.8. The van der Waals surface area contributed by atoms with Crippen LogP contribution < -0.4 is 16.4 Å². The Morgan fingerprint density at radius 2 is 1.87 bits per heavy atom. The lowest BCUT2D eigenvalue weighted by Crippen LogP contribution is -2.48. The van der Waals surface area contributed by atoms with Crippen LogP contribution in [0.15, 0.2) is 61.4 Å². The number of hydrogen-bond acceptors (Lipinski definition) is 6. The molecule has 4 N–H and O–H groups in total. The topological polar surface area (TPSA) is 131 Å². The van der Waals surface area contributed by atoms with E-state index in [-0.39, 0.29) is 17.9 Å². The number of anilines is 1. The van der Waals surface area contributed by atoms with Crippen LogP contribution in [-0.4, -0.2) is 62.1 Å². The number of pyridine rings is 1. The van der Waals surface area contributed by atoms with E-state index in [4.69, 9.17) is 10.7 Å². The third-order valence-electron chi connectivity index (χ3n) is 7.36. The van der Waals surface area contributed by atoms with Crippen molar-refractivity contribution in [3.63, 3.8) is 0 Å². The maximum Gasteiger partial charge on any atom is 0.315 e. The Bertz CT molecular complexity index is 1520. The van der Waals surface area contributed by atoms with Crippen LogP contribution >= 0.6 is 0 Å². The predicted octanol–water partition coefficient (Wildman–Crippen LogP) is 3.07. The molecule has 0 bridgehead atoms. The van der Waals surface area contributed by atoms with Crippen molar-refractivity contribution >= 4 is 29.5 Å². The van der Waals surface area contributed by atoms with Crippen LogP contribution in [0.5, 0.6) is 0 Å². The summed E-state index contributed by atoms with van der Waals surface area (Å²) in [5, 5.41) is 9.83. The van der Waals surface area contributed by atoms with E-state index in [0.29, 0.717) is 31.1 Å². The summed E-state index contributed by atoms with van der Waals surface area (Å²) in [6.45, 7) is 5.45. The van der Waals surface area contributed by atoms with E-state index in [1.165, 1.54) is 0 Å². The van der Waals surface area contributed by atoms with Gasteiger partial charge in [-0.3, -0.25) is 9.78 Å². The van der Waals surface area contributed by atoms with Gasteiger partial charge in [0.15, 0.2) is 5.65 Å². The molecule has 6 rings (SSSR count). The van der Waals surface area contributed by atoms with Crippen LogP contribution in [0.4, 0.5) is 10.6 Å². The van der Waals surface area contributed by atoms with Gasteiger partial charge >= 0.3 is 6.03 Å². The number of nitrogens with two attached hydrogens (primary N) is 1. The number of nitrogens with zero attached hydrogens (tertiary/aromatic N) is 5. The van der Waals surface area contributed by atoms with Gasteiger partial charge in [-0.15, -0.1) is 0 Å². The molecular formula is C28H28N8O2. The van der Waals surface area contributed by atoms with Crippen LogP contribution in [0.25, 0.3) is 34.1 Å². The first kappa shape index (κ1) is 23.7. The largest absolute Gasteiger partial charge is 0.383 e. The minimum absolute atomic E-state index is 0.0572. The fourth-order valence-electron chi connectivity index (χ4n) is 5.30. The first-order chi connectivity index (χ1) is 18.5. The molecule has 10 heteroatoms. The van der Waals surface area contributed by atoms with E-state index in [2.05, 4.69) is 27.3 Å². The Morgan fingerprint density at radius 3 is 2.53 bits per heavy atom. The number of benzene rings is 1. The zero-order chi connectivity index (χ0) is 26.2. The van der Waals surface area contributed by atoms with E-state index in [9.17, 15) is 9.59 Å². The second kappa shape index (κ2) is 9.62. The van der Waals surface area contributed by atoms with Gasteiger partial charge in [0, 0.05) is 54.0 Å². The number of fused-ring (bicyclic) bond motifs is 1. The van der Waals surface area contributed by atoms with Crippen LogP contribution in [-0.2, 0) is 4.79 Å². The second-order valence-electron chi connectivity index (χ2n) is 9.60. The van der Waals surface area contributed by atoms with E-state index in [1.807, 2.05) is 53.6 Å². The SMILES string of the molecule is C=Cc1c(C2CCN(C(=O)C3CNC(=O)N3)CC2)nc2c(-c3ccc(-c4ccccc4)nc3)cnn2c1N. The molecule has 38 heavy (non-hydrogen) atoms. The number of aromatic nitrogens is 4. The summed E-state index contributed by atoms with van der Waals surface area (Å²) in [5.41, 5.74) is 12.5. The van der Waals surface area contributed by atoms with Crippen molar-refractivity contribution < 1.29 is 9.59 Å². The first-order valence-corrected chi connectivity index (χ1v) is 12.7. The quantitative estimate of drug-likeness (QED) is 0.380. The molecular weight excluding hydrogens is 480 g/mol. The number of nitrogen functional groups attached to an aromatic ring is 1. The number of nitrogens with one attached hydrogen (secondary N) is 2. The third-order valence-corrected chi connectivity index (χ3v) is 7.36. The smallest absolute Gasteiger partial charge is 0.315 e. The standard InChI is InChI=1S/C28H28N8O2/c1-2-20-24(18-10-12-35(13-11-18)27(37)23-16-31-28(38)33-23)34-26-21(15-32-36(26)25(20)29)19-8-9-22(30-14-19)17-6-4-3-5-7-17/h2-9,14-15,18,23H,1,10-13,16,29H2,(H2,31,33,38). The number of carbonyl (C=O) groups is 2. The second-order valence-corrected chi connectivity index (χ2v) is 9.60. The lowest BCUT2D eigenvalue weighted by Gasteiger charge is -2.33. The number of carbonyl (C=O) groups excluding carboxylic acids is 2. The van der Waals surface area contributed by atoms with Crippen molar-refractivity contribution in [2.24, 2.45) is 0 Å². The van der Waals surface area contributed by atoms with Crippen molar-refractivity contribution in [2.45, 2.75) is 24.8 Å². The molecule has 0 radical (unpaired) electrons. The van der Waals surface area contributed by atoms with Crippen LogP contribution in [0.1, 0.15) is 30.0 Å². The van der Waals surface area contributed by atoms with E-state index in [1.54, 1.807) is 16.8 Å².